The molecule has 3 rings (SSSR count). The van der Waals surface area contributed by atoms with Gasteiger partial charge in [-0.05, 0) is 41.8 Å². The van der Waals surface area contributed by atoms with Crippen molar-refractivity contribution in [1.82, 2.24) is 10.2 Å². The van der Waals surface area contributed by atoms with Crippen LogP contribution in [0.5, 0.6) is 5.75 Å². The quantitative estimate of drug-likeness (QED) is 0.411. The van der Waals surface area contributed by atoms with E-state index in [-0.39, 0.29) is 18.2 Å². The molecule has 1 atom stereocenters. The molecule has 0 unspecified atom stereocenters. The Morgan fingerprint density at radius 2 is 1.61 bits per heavy atom. The van der Waals surface area contributed by atoms with Gasteiger partial charge in [0.15, 0.2) is 0 Å². The molecule has 33 heavy (non-hydrogen) atoms. The van der Waals surface area contributed by atoms with Crippen LogP contribution in [0.4, 0.5) is 0 Å². The highest BCUT2D eigenvalue weighted by Crippen LogP contribution is 2.19. The van der Waals surface area contributed by atoms with Crippen LogP contribution in [0.1, 0.15) is 24.0 Å². The Bertz CT molecular complexity index is 1030. The molecule has 3 aromatic rings. The van der Waals surface area contributed by atoms with Crippen molar-refractivity contribution in [2.24, 2.45) is 0 Å². The topological polar surface area (TPSA) is 58.6 Å². The second-order valence-corrected chi connectivity index (χ2v) is 8.17. The maximum atomic E-state index is 13.4. The van der Waals surface area contributed by atoms with E-state index in [9.17, 15) is 9.59 Å². The fourth-order valence-electron chi connectivity index (χ4n) is 3.63. The molecular weight excluding hydrogens is 436 g/mol. The van der Waals surface area contributed by atoms with E-state index in [0.29, 0.717) is 31.0 Å². The number of nitrogens with zero attached hydrogens (tertiary/aromatic N) is 1. The van der Waals surface area contributed by atoms with Crippen LogP contribution in [0.2, 0.25) is 5.02 Å². The summed E-state index contributed by atoms with van der Waals surface area (Å²) in [5.74, 6) is 0.471. The van der Waals surface area contributed by atoms with E-state index in [4.69, 9.17) is 16.3 Å². The smallest absolute Gasteiger partial charge is 0.242 e. The van der Waals surface area contributed by atoms with E-state index in [2.05, 4.69) is 5.32 Å². The lowest BCUT2D eigenvalue weighted by Gasteiger charge is -2.31. The van der Waals surface area contributed by atoms with Gasteiger partial charge in [-0.2, -0.15) is 0 Å². The summed E-state index contributed by atoms with van der Waals surface area (Å²) in [6.45, 7) is 0.716. The second-order valence-electron chi connectivity index (χ2n) is 7.74. The molecule has 6 heteroatoms. The maximum absolute atomic E-state index is 13.4. The normalized spacial score (nSPS) is 11.5. The third-order valence-electron chi connectivity index (χ3n) is 5.31. The summed E-state index contributed by atoms with van der Waals surface area (Å²) in [5.41, 5.74) is 1.86. The molecule has 0 heterocycles. The van der Waals surface area contributed by atoms with Gasteiger partial charge in [0.25, 0.3) is 0 Å². The van der Waals surface area contributed by atoms with E-state index in [1.54, 1.807) is 18.0 Å². The molecule has 0 spiro atoms. The molecule has 3 aromatic carbocycles. The lowest BCUT2D eigenvalue weighted by molar-refractivity contribution is -0.141. The molecule has 172 valence electrons. The first kappa shape index (κ1) is 24.3. The van der Waals surface area contributed by atoms with Crippen molar-refractivity contribution in [3.63, 3.8) is 0 Å². The summed E-state index contributed by atoms with van der Waals surface area (Å²) in [6, 6.07) is 26.0. The zero-order valence-electron chi connectivity index (χ0n) is 18.7. The molecule has 2 amide bonds. The van der Waals surface area contributed by atoms with Crippen molar-refractivity contribution in [3.05, 3.63) is 101 Å². The minimum atomic E-state index is -0.640. The van der Waals surface area contributed by atoms with Gasteiger partial charge in [-0.25, -0.2) is 0 Å². The Labute approximate surface area is 200 Å². The third kappa shape index (κ3) is 7.65. The number of benzene rings is 3. The fraction of sp³-hybridized carbons (Fsp3) is 0.259. The zero-order chi connectivity index (χ0) is 23.5. The Kier molecular flexibility index (Phi) is 9.33. The van der Waals surface area contributed by atoms with Crippen molar-refractivity contribution in [1.29, 1.82) is 0 Å². The number of carbonyl (C=O) groups is 2. The van der Waals surface area contributed by atoms with E-state index in [1.165, 1.54) is 0 Å². The first-order valence-corrected chi connectivity index (χ1v) is 11.4. The van der Waals surface area contributed by atoms with Gasteiger partial charge >= 0.3 is 0 Å². The van der Waals surface area contributed by atoms with Crippen LogP contribution >= 0.6 is 11.6 Å². The van der Waals surface area contributed by atoms with Crippen LogP contribution in [0.3, 0.4) is 0 Å². The SMILES string of the molecule is CNC(=O)[C@H](Cc1ccccc1)N(Cc1cccc(Cl)c1)C(=O)CCCOc1ccccc1. The van der Waals surface area contributed by atoms with E-state index >= 15 is 0 Å². The Morgan fingerprint density at radius 3 is 2.27 bits per heavy atom. The number of rotatable bonds is 11. The molecule has 0 aliphatic heterocycles. The standard InChI is InChI=1S/C27H29ClN2O3/c1-29-27(32)25(19-21-10-4-2-5-11-21)30(20-22-12-8-13-23(28)18-22)26(31)16-9-17-33-24-14-6-3-7-15-24/h2-8,10-15,18,25H,9,16-17,19-20H2,1H3,(H,29,32)/t25-/m0/s1. The maximum Gasteiger partial charge on any atom is 0.242 e. The lowest BCUT2D eigenvalue weighted by Crippen LogP contribution is -2.49. The van der Waals surface area contributed by atoms with Crippen molar-refractivity contribution in [2.45, 2.75) is 31.8 Å². The predicted molar refractivity (Wildman–Crippen MR) is 131 cm³/mol. The largest absolute Gasteiger partial charge is 0.494 e. The Morgan fingerprint density at radius 1 is 0.939 bits per heavy atom. The molecule has 0 saturated carbocycles. The van der Waals surface area contributed by atoms with Crippen LogP contribution in [0.15, 0.2) is 84.9 Å². The first-order valence-electron chi connectivity index (χ1n) is 11.0. The summed E-state index contributed by atoms with van der Waals surface area (Å²) in [6.07, 6.45) is 1.24. The molecular formula is C27H29ClN2O3. The monoisotopic (exact) mass is 464 g/mol. The number of ether oxygens (including phenoxy) is 1. The molecule has 1 N–H and O–H groups in total. The minimum Gasteiger partial charge on any atom is -0.494 e. The summed E-state index contributed by atoms with van der Waals surface area (Å²) < 4.78 is 5.73. The fourth-order valence-corrected chi connectivity index (χ4v) is 3.84. The minimum absolute atomic E-state index is 0.101. The van der Waals surface area contributed by atoms with Gasteiger partial charge in [0.1, 0.15) is 11.8 Å². The van der Waals surface area contributed by atoms with Crippen molar-refractivity contribution < 1.29 is 14.3 Å². The molecule has 0 radical (unpaired) electrons. The second kappa shape index (κ2) is 12.7. The number of para-hydroxylation sites is 1. The van der Waals surface area contributed by atoms with Crippen LogP contribution < -0.4 is 10.1 Å². The lowest BCUT2D eigenvalue weighted by atomic mass is 10.0. The van der Waals surface area contributed by atoms with Crippen LogP contribution in [-0.4, -0.2) is 36.4 Å². The number of carbonyl (C=O) groups excluding carboxylic acids is 2. The molecule has 0 bridgehead atoms. The summed E-state index contributed by atoms with van der Waals surface area (Å²) in [7, 11) is 1.59. The number of halogens is 1. The van der Waals surface area contributed by atoms with Crippen molar-refractivity contribution in [2.75, 3.05) is 13.7 Å². The van der Waals surface area contributed by atoms with Gasteiger partial charge in [-0.3, -0.25) is 9.59 Å². The van der Waals surface area contributed by atoms with E-state index in [0.717, 1.165) is 16.9 Å². The number of amides is 2. The van der Waals surface area contributed by atoms with Crippen molar-refractivity contribution in [3.8, 4) is 5.75 Å². The number of hydrogen-bond acceptors (Lipinski definition) is 3. The van der Waals surface area contributed by atoms with Crippen LogP contribution in [0.25, 0.3) is 0 Å². The van der Waals surface area contributed by atoms with Crippen LogP contribution in [0, 0.1) is 0 Å². The van der Waals surface area contributed by atoms with Gasteiger partial charge in [0.05, 0.1) is 6.61 Å². The van der Waals surface area contributed by atoms with Gasteiger partial charge < -0.3 is 15.0 Å². The summed E-state index contributed by atoms with van der Waals surface area (Å²) in [5, 5.41) is 3.32. The molecule has 0 aromatic heterocycles. The first-order chi connectivity index (χ1) is 16.1. The average Bonchev–Trinajstić information content (AvgIpc) is 2.84. The molecule has 0 aliphatic carbocycles. The van der Waals surface area contributed by atoms with Gasteiger partial charge in [0.2, 0.25) is 11.8 Å². The predicted octanol–water partition coefficient (Wildman–Crippen LogP) is 4.89. The number of hydrogen-bond donors (Lipinski definition) is 1. The zero-order valence-corrected chi connectivity index (χ0v) is 19.5. The Balaban J connectivity index is 1.75. The number of nitrogens with one attached hydrogen (secondary N) is 1. The molecule has 0 saturated heterocycles. The van der Waals surface area contributed by atoms with Crippen molar-refractivity contribution >= 4 is 23.4 Å². The van der Waals surface area contributed by atoms with Gasteiger partial charge in [-0.1, -0.05) is 72.3 Å². The highest BCUT2D eigenvalue weighted by molar-refractivity contribution is 6.30. The average molecular weight is 465 g/mol. The number of likely N-dealkylation sites (N-methyl/N-ethyl adjacent to an activating group) is 1. The summed E-state index contributed by atoms with van der Waals surface area (Å²) in [4.78, 5) is 27.9. The highest BCUT2D eigenvalue weighted by Gasteiger charge is 2.29. The summed E-state index contributed by atoms with van der Waals surface area (Å²) >= 11 is 6.17. The molecule has 5 nitrogen and oxygen atoms in total. The highest BCUT2D eigenvalue weighted by atomic mass is 35.5. The molecule has 0 fully saturated rings. The van der Waals surface area contributed by atoms with E-state index < -0.39 is 6.04 Å². The molecule has 0 aliphatic rings. The Hall–Kier alpha value is -3.31. The van der Waals surface area contributed by atoms with E-state index in [1.807, 2.05) is 78.9 Å². The van der Waals surface area contributed by atoms with Gasteiger partial charge in [-0.15, -0.1) is 0 Å². The van der Waals surface area contributed by atoms with Gasteiger partial charge in [0, 0.05) is 31.5 Å². The third-order valence-corrected chi connectivity index (χ3v) is 5.54. The van der Waals surface area contributed by atoms with Crippen LogP contribution in [-0.2, 0) is 22.6 Å².